The molecule has 0 heterocycles. The van der Waals surface area contributed by atoms with Gasteiger partial charge in [0.1, 0.15) is 12.4 Å². The number of anilines is 1. The number of methoxy groups -OCH3 is 1. The predicted molar refractivity (Wildman–Crippen MR) is 143 cm³/mol. The molecule has 3 N–H and O–H groups in total. The minimum Gasteiger partial charge on any atom is -0.491 e. The van der Waals surface area contributed by atoms with Crippen molar-refractivity contribution in [2.75, 3.05) is 38.8 Å². The second-order valence-electron chi connectivity index (χ2n) is 7.02. The summed E-state index contributed by atoms with van der Waals surface area (Å²) in [4.78, 5) is 15.9. The number of amides is 1. The van der Waals surface area contributed by atoms with E-state index in [1.54, 1.807) is 0 Å². The lowest BCUT2D eigenvalue weighted by molar-refractivity contribution is 0.110. The Balaban J connectivity index is 0.00000544. The zero-order valence-corrected chi connectivity index (χ0v) is 22.1. The highest BCUT2D eigenvalue weighted by Crippen LogP contribution is 2.20. The Labute approximate surface area is 213 Å². The third kappa shape index (κ3) is 10.8. The van der Waals surface area contributed by atoms with Crippen LogP contribution in [0.2, 0.25) is 0 Å². The van der Waals surface area contributed by atoms with Gasteiger partial charge in [0.15, 0.2) is 5.96 Å². The molecule has 0 aliphatic heterocycles. The summed E-state index contributed by atoms with van der Waals surface area (Å²) in [7, 11) is 1.33. The van der Waals surface area contributed by atoms with Crippen molar-refractivity contribution in [2.45, 2.75) is 33.9 Å². The first-order valence-electron chi connectivity index (χ1n) is 10.8. The van der Waals surface area contributed by atoms with Crippen molar-refractivity contribution < 1.29 is 19.0 Å². The molecule has 0 spiro atoms. The highest BCUT2D eigenvalue weighted by atomic mass is 127. The molecule has 0 aliphatic carbocycles. The van der Waals surface area contributed by atoms with Crippen LogP contribution in [-0.2, 0) is 22.6 Å². The summed E-state index contributed by atoms with van der Waals surface area (Å²) in [6, 6.07) is 13.7. The molecular formula is C24H35IN4O4. The molecule has 2 aromatic carbocycles. The quantitative estimate of drug-likeness (QED) is 0.160. The number of hydrogen-bond acceptors (Lipinski definition) is 5. The number of nitrogens with one attached hydrogen (secondary N) is 3. The third-order valence-corrected chi connectivity index (χ3v) is 4.51. The van der Waals surface area contributed by atoms with Gasteiger partial charge in [0.2, 0.25) is 0 Å². The Morgan fingerprint density at radius 2 is 1.79 bits per heavy atom. The average molecular weight is 570 g/mol. The molecule has 8 nitrogen and oxygen atoms in total. The monoisotopic (exact) mass is 570 g/mol. The lowest BCUT2D eigenvalue weighted by Gasteiger charge is -2.15. The molecule has 0 saturated carbocycles. The van der Waals surface area contributed by atoms with E-state index in [2.05, 4.69) is 37.8 Å². The maximum Gasteiger partial charge on any atom is 0.411 e. The van der Waals surface area contributed by atoms with Gasteiger partial charge in [-0.3, -0.25) is 5.32 Å². The molecule has 2 aromatic rings. The maximum absolute atomic E-state index is 11.3. The molecule has 1 amide bonds. The number of guanidine groups is 1. The van der Waals surface area contributed by atoms with Crippen LogP contribution in [0.5, 0.6) is 5.75 Å². The highest BCUT2D eigenvalue weighted by molar-refractivity contribution is 14.0. The van der Waals surface area contributed by atoms with Crippen LogP contribution in [0.25, 0.3) is 0 Å². The van der Waals surface area contributed by atoms with Crippen LogP contribution in [0.3, 0.4) is 0 Å². The summed E-state index contributed by atoms with van der Waals surface area (Å²) in [5.41, 5.74) is 3.89. The first kappa shape index (κ1) is 28.5. The Morgan fingerprint density at radius 1 is 1.03 bits per heavy atom. The number of carbonyl (C=O) groups excluding carboxylic acids is 1. The van der Waals surface area contributed by atoms with Crippen LogP contribution in [0.4, 0.5) is 10.5 Å². The maximum atomic E-state index is 11.3. The third-order valence-electron chi connectivity index (χ3n) is 4.51. The molecule has 0 aromatic heterocycles. The van der Waals surface area contributed by atoms with Crippen LogP contribution >= 0.6 is 24.0 Å². The van der Waals surface area contributed by atoms with Crippen LogP contribution in [0.15, 0.2) is 47.5 Å². The van der Waals surface area contributed by atoms with E-state index in [0.29, 0.717) is 44.6 Å². The van der Waals surface area contributed by atoms with Gasteiger partial charge in [-0.25, -0.2) is 9.79 Å². The van der Waals surface area contributed by atoms with Gasteiger partial charge in [0.25, 0.3) is 0 Å². The van der Waals surface area contributed by atoms with Gasteiger partial charge < -0.3 is 24.8 Å². The molecule has 0 fully saturated rings. The molecule has 182 valence electrons. The van der Waals surface area contributed by atoms with Crippen molar-refractivity contribution in [2.24, 2.45) is 4.99 Å². The minimum atomic E-state index is -0.494. The van der Waals surface area contributed by atoms with Crippen molar-refractivity contribution in [3.63, 3.8) is 0 Å². The first-order chi connectivity index (χ1) is 15.5. The molecular weight excluding hydrogens is 535 g/mol. The minimum absolute atomic E-state index is 0. The van der Waals surface area contributed by atoms with E-state index in [0.717, 1.165) is 29.0 Å². The van der Waals surface area contributed by atoms with Gasteiger partial charge >= 0.3 is 6.09 Å². The van der Waals surface area contributed by atoms with Crippen LogP contribution < -0.4 is 20.7 Å². The van der Waals surface area contributed by atoms with Gasteiger partial charge in [-0.2, -0.15) is 0 Å². The number of aryl methyl sites for hydroxylation is 1. The number of nitrogens with zero attached hydrogens (tertiary/aromatic N) is 1. The highest BCUT2D eigenvalue weighted by Gasteiger charge is 2.07. The number of rotatable bonds is 11. The van der Waals surface area contributed by atoms with E-state index < -0.39 is 6.09 Å². The molecule has 0 radical (unpaired) electrons. The normalized spacial score (nSPS) is 10.7. The van der Waals surface area contributed by atoms with Gasteiger partial charge in [0, 0.05) is 30.9 Å². The smallest absolute Gasteiger partial charge is 0.411 e. The van der Waals surface area contributed by atoms with Crippen molar-refractivity contribution in [1.82, 2.24) is 10.6 Å². The topological polar surface area (TPSA) is 93.2 Å². The van der Waals surface area contributed by atoms with E-state index in [1.165, 1.54) is 7.11 Å². The average Bonchev–Trinajstić information content (AvgIpc) is 2.80. The Hall–Kier alpha value is -2.53. The number of hydrogen-bond donors (Lipinski definition) is 3. The van der Waals surface area contributed by atoms with Gasteiger partial charge in [-0.05, 0) is 50.1 Å². The molecule has 9 heteroatoms. The van der Waals surface area contributed by atoms with Crippen LogP contribution in [0.1, 0.15) is 30.5 Å². The SMILES string of the molecule is CCNC(=NCc1ccc(NC(=O)OC)cc1)NCc1ccc(C)cc1OCCOCC.I. The standard InChI is InChI=1S/C24H34N4O4.HI/c1-5-25-23(26-16-19-8-11-21(12-9-19)28-24(29)30-4)27-17-20-10-7-18(3)15-22(20)32-14-13-31-6-2;/h7-12,15H,5-6,13-14,16-17H2,1-4H3,(H,28,29)(H2,25,26,27);1H. The fraction of sp³-hybridized carbons (Fsp3) is 0.417. The number of aliphatic imine (C=N–C) groups is 1. The Morgan fingerprint density at radius 3 is 2.45 bits per heavy atom. The summed E-state index contributed by atoms with van der Waals surface area (Å²) in [6.45, 7) is 9.63. The molecule has 0 aliphatic rings. The number of carbonyl (C=O) groups is 1. The van der Waals surface area contributed by atoms with Crippen molar-refractivity contribution in [1.29, 1.82) is 0 Å². The van der Waals surface area contributed by atoms with Gasteiger partial charge in [-0.15, -0.1) is 24.0 Å². The van der Waals surface area contributed by atoms with E-state index >= 15 is 0 Å². The Kier molecular flexibility index (Phi) is 13.9. The largest absolute Gasteiger partial charge is 0.491 e. The molecule has 33 heavy (non-hydrogen) atoms. The van der Waals surface area contributed by atoms with Gasteiger partial charge in [-0.1, -0.05) is 24.3 Å². The lowest BCUT2D eigenvalue weighted by Crippen LogP contribution is -2.36. The first-order valence-corrected chi connectivity index (χ1v) is 10.8. The van der Waals surface area contributed by atoms with Crippen molar-refractivity contribution in [3.8, 4) is 5.75 Å². The van der Waals surface area contributed by atoms with Gasteiger partial charge in [0.05, 0.1) is 20.3 Å². The summed E-state index contributed by atoms with van der Waals surface area (Å²) >= 11 is 0. The number of halogens is 1. The predicted octanol–water partition coefficient (Wildman–Crippen LogP) is 4.46. The van der Waals surface area contributed by atoms with E-state index in [1.807, 2.05) is 51.1 Å². The van der Waals surface area contributed by atoms with E-state index in [9.17, 15) is 4.79 Å². The molecule has 2 rings (SSSR count). The van der Waals surface area contributed by atoms with Crippen LogP contribution in [0, 0.1) is 6.92 Å². The van der Waals surface area contributed by atoms with E-state index in [4.69, 9.17) is 9.47 Å². The zero-order chi connectivity index (χ0) is 23.2. The second-order valence-corrected chi connectivity index (χ2v) is 7.02. The molecule has 0 bridgehead atoms. The lowest BCUT2D eigenvalue weighted by atomic mass is 10.1. The second kappa shape index (κ2) is 16.1. The molecule has 0 saturated heterocycles. The fourth-order valence-electron chi connectivity index (χ4n) is 2.85. The molecule has 0 unspecified atom stereocenters. The van der Waals surface area contributed by atoms with E-state index in [-0.39, 0.29) is 24.0 Å². The fourth-order valence-corrected chi connectivity index (χ4v) is 2.85. The summed E-state index contributed by atoms with van der Waals surface area (Å²) in [5, 5.41) is 9.26. The summed E-state index contributed by atoms with van der Waals surface area (Å²) < 4.78 is 15.9. The van der Waals surface area contributed by atoms with Crippen molar-refractivity contribution >= 4 is 41.7 Å². The molecule has 0 atom stereocenters. The summed E-state index contributed by atoms with van der Waals surface area (Å²) in [6.07, 6.45) is -0.494. The zero-order valence-electron chi connectivity index (χ0n) is 19.8. The Bertz CT molecular complexity index is 875. The summed E-state index contributed by atoms with van der Waals surface area (Å²) in [5.74, 6) is 1.56. The number of benzene rings is 2. The number of ether oxygens (including phenoxy) is 3. The van der Waals surface area contributed by atoms with Crippen LogP contribution in [-0.4, -0.2) is 45.5 Å². The van der Waals surface area contributed by atoms with Crippen molar-refractivity contribution in [3.05, 3.63) is 59.2 Å².